The molecule has 7 heteroatoms. The minimum Gasteiger partial charge on any atom is -0.478 e. The molecular formula is C15H21F2NO4. The molecule has 0 radical (unpaired) electrons. The Labute approximate surface area is 127 Å². The topological polar surface area (TPSA) is 68.5 Å². The number of aromatic nitrogens is 1. The van der Waals surface area contributed by atoms with E-state index < -0.39 is 29.8 Å². The number of esters is 1. The summed E-state index contributed by atoms with van der Waals surface area (Å²) >= 11 is 0. The number of hydrogen-bond acceptors (Lipinski definition) is 3. The van der Waals surface area contributed by atoms with Crippen molar-refractivity contribution in [2.45, 2.75) is 52.5 Å². The molecule has 1 aromatic rings. The van der Waals surface area contributed by atoms with Crippen LogP contribution < -0.4 is 0 Å². The van der Waals surface area contributed by atoms with Crippen LogP contribution in [0.4, 0.5) is 8.78 Å². The van der Waals surface area contributed by atoms with Crippen LogP contribution in [-0.2, 0) is 21.5 Å². The van der Waals surface area contributed by atoms with Crippen molar-refractivity contribution in [1.82, 2.24) is 4.57 Å². The number of rotatable bonds is 5. The second kappa shape index (κ2) is 6.06. The predicted molar refractivity (Wildman–Crippen MR) is 76.4 cm³/mol. The number of carboxylic acid groups (broad SMARTS) is 1. The maximum absolute atomic E-state index is 14.0. The summed E-state index contributed by atoms with van der Waals surface area (Å²) in [6.07, 6.45) is 0. The Bertz CT molecular complexity index is 585. The molecule has 0 fully saturated rings. The molecule has 0 aliphatic rings. The minimum atomic E-state index is -3.73. The maximum Gasteiger partial charge on any atom is 0.378 e. The minimum absolute atomic E-state index is 0.0513. The van der Waals surface area contributed by atoms with Gasteiger partial charge in [-0.3, -0.25) is 0 Å². The van der Waals surface area contributed by atoms with Gasteiger partial charge in [0.2, 0.25) is 0 Å². The zero-order chi connectivity index (χ0) is 17.3. The van der Waals surface area contributed by atoms with E-state index in [1.54, 1.807) is 20.8 Å². The summed E-state index contributed by atoms with van der Waals surface area (Å²) in [5.41, 5.74) is 0.000727. The highest BCUT2D eigenvalue weighted by Gasteiger charge is 2.42. The zero-order valence-corrected chi connectivity index (χ0v) is 13.4. The van der Waals surface area contributed by atoms with E-state index in [0.29, 0.717) is 5.69 Å². The summed E-state index contributed by atoms with van der Waals surface area (Å²) in [5, 5.41) is 9.17. The first-order valence-corrected chi connectivity index (χ1v) is 6.90. The Morgan fingerprint density at radius 3 is 2.27 bits per heavy atom. The number of nitrogens with zero attached hydrogens (tertiary/aromatic N) is 1. The number of hydrogen-bond donors (Lipinski definition) is 1. The van der Waals surface area contributed by atoms with Gasteiger partial charge in [0, 0.05) is 16.8 Å². The third-order valence-corrected chi connectivity index (χ3v) is 3.30. The average Bonchev–Trinajstić information content (AvgIpc) is 2.66. The molecule has 0 aromatic carbocycles. The fourth-order valence-corrected chi connectivity index (χ4v) is 2.19. The van der Waals surface area contributed by atoms with Crippen LogP contribution >= 0.6 is 0 Å². The molecule has 5 nitrogen and oxygen atoms in total. The van der Waals surface area contributed by atoms with Gasteiger partial charge < -0.3 is 14.4 Å². The third kappa shape index (κ3) is 3.64. The molecule has 0 saturated carbocycles. The predicted octanol–water partition coefficient (Wildman–Crippen LogP) is 2.99. The molecule has 0 aliphatic carbocycles. The van der Waals surface area contributed by atoms with Crippen LogP contribution in [0.3, 0.4) is 0 Å². The third-order valence-electron chi connectivity index (χ3n) is 3.30. The lowest BCUT2D eigenvalue weighted by molar-refractivity contribution is -0.173. The lowest BCUT2D eigenvalue weighted by atomic mass is 9.92. The number of alkyl halides is 2. The van der Waals surface area contributed by atoms with Gasteiger partial charge >= 0.3 is 17.9 Å². The Balaban J connectivity index is 3.34. The lowest BCUT2D eigenvalue weighted by Crippen LogP contribution is -2.37. The highest BCUT2D eigenvalue weighted by atomic mass is 19.3. The Morgan fingerprint density at radius 1 is 1.32 bits per heavy atom. The number of carbonyl (C=O) groups excluding carboxylic acids is 1. The molecule has 0 bridgehead atoms. The van der Waals surface area contributed by atoms with Crippen molar-refractivity contribution in [3.63, 3.8) is 0 Å². The number of aromatic carboxylic acids is 1. The van der Waals surface area contributed by atoms with Crippen molar-refractivity contribution in [3.8, 4) is 0 Å². The van der Waals surface area contributed by atoms with Crippen LogP contribution in [0.15, 0.2) is 6.07 Å². The molecule has 1 heterocycles. The van der Waals surface area contributed by atoms with Crippen LogP contribution in [0.25, 0.3) is 0 Å². The molecule has 0 atom stereocenters. The van der Waals surface area contributed by atoms with Crippen molar-refractivity contribution in [2.24, 2.45) is 0 Å². The van der Waals surface area contributed by atoms with Crippen LogP contribution in [0, 0.1) is 6.92 Å². The Kier molecular flexibility index (Phi) is 4.99. The molecule has 22 heavy (non-hydrogen) atoms. The summed E-state index contributed by atoms with van der Waals surface area (Å²) in [5.74, 6) is -6.53. The van der Waals surface area contributed by atoms with E-state index in [2.05, 4.69) is 4.74 Å². The van der Waals surface area contributed by atoms with Gasteiger partial charge in [-0.1, -0.05) is 20.8 Å². The second-order valence-corrected chi connectivity index (χ2v) is 6.09. The van der Waals surface area contributed by atoms with E-state index in [0.717, 1.165) is 0 Å². The molecule has 124 valence electrons. The number of halogens is 2. The van der Waals surface area contributed by atoms with Gasteiger partial charge in [0.05, 0.1) is 18.7 Å². The number of ether oxygens (including phenoxy) is 1. The van der Waals surface area contributed by atoms with E-state index in [9.17, 15) is 18.4 Å². The molecule has 1 rings (SSSR count). The molecule has 1 aromatic heterocycles. The Hall–Kier alpha value is -1.92. The van der Waals surface area contributed by atoms with Crippen molar-refractivity contribution >= 4 is 11.9 Å². The number of carbonyl (C=O) groups is 2. The molecule has 0 spiro atoms. The van der Waals surface area contributed by atoms with Crippen LogP contribution in [0.1, 0.15) is 49.4 Å². The molecule has 0 amide bonds. The molecule has 1 N–H and O–H groups in total. The number of carboxylic acids is 1. The van der Waals surface area contributed by atoms with Gasteiger partial charge in [-0.25, -0.2) is 9.59 Å². The molecule has 0 saturated heterocycles. The highest BCUT2D eigenvalue weighted by Crippen LogP contribution is 2.30. The van der Waals surface area contributed by atoms with E-state index in [1.165, 1.54) is 24.5 Å². The average molecular weight is 317 g/mol. The summed E-state index contributed by atoms with van der Waals surface area (Å²) < 4.78 is 33.6. The van der Waals surface area contributed by atoms with Crippen molar-refractivity contribution in [1.29, 1.82) is 0 Å². The van der Waals surface area contributed by atoms with E-state index in [1.807, 2.05) is 0 Å². The normalized spacial score (nSPS) is 12.3. The fourth-order valence-electron chi connectivity index (χ4n) is 2.19. The van der Waals surface area contributed by atoms with Crippen LogP contribution in [0.5, 0.6) is 0 Å². The van der Waals surface area contributed by atoms with Crippen molar-refractivity contribution in [2.75, 3.05) is 6.61 Å². The quantitative estimate of drug-likeness (QED) is 0.848. The summed E-state index contributed by atoms with van der Waals surface area (Å²) in [6.45, 7) is 7.15. The monoisotopic (exact) mass is 317 g/mol. The first-order valence-electron chi connectivity index (χ1n) is 6.90. The van der Waals surface area contributed by atoms with E-state index in [4.69, 9.17) is 5.11 Å². The zero-order valence-electron chi connectivity index (χ0n) is 13.4. The van der Waals surface area contributed by atoms with E-state index in [-0.39, 0.29) is 17.9 Å². The SMILES string of the molecule is CCOC(=O)C(F)(F)Cn1c(C(C)(C)C)cc(C(=O)O)c1C. The fraction of sp³-hybridized carbons (Fsp3) is 0.600. The van der Waals surface area contributed by atoms with Crippen molar-refractivity contribution in [3.05, 3.63) is 23.0 Å². The van der Waals surface area contributed by atoms with Crippen LogP contribution in [0.2, 0.25) is 0 Å². The largest absolute Gasteiger partial charge is 0.478 e. The first kappa shape index (κ1) is 18.1. The van der Waals surface area contributed by atoms with Crippen molar-refractivity contribution < 1.29 is 28.2 Å². The second-order valence-electron chi connectivity index (χ2n) is 6.09. The maximum atomic E-state index is 14.0. The molecule has 0 aliphatic heterocycles. The highest BCUT2D eigenvalue weighted by molar-refractivity contribution is 5.89. The lowest BCUT2D eigenvalue weighted by Gasteiger charge is -2.25. The smallest absolute Gasteiger partial charge is 0.378 e. The summed E-state index contributed by atoms with van der Waals surface area (Å²) in [7, 11) is 0. The standard InChI is InChI=1S/C15H21F2NO4/c1-6-22-13(21)15(16,17)8-18-9(2)10(12(19)20)7-11(18)14(3,4)5/h7H,6,8H2,1-5H3,(H,19,20). The Morgan fingerprint density at radius 2 is 1.86 bits per heavy atom. The molecule has 0 unspecified atom stereocenters. The van der Waals surface area contributed by atoms with Gasteiger partial charge in [-0.2, -0.15) is 8.78 Å². The summed E-state index contributed by atoms with van der Waals surface area (Å²) in [6, 6.07) is 1.37. The van der Waals surface area contributed by atoms with Gasteiger partial charge in [0.25, 0.3) is 0 Å². The van der Waals surface area contributed by atoms with E-state index >= 15 is 0 Å². The van der Waals surface area contributed by atoms with Gasteiger partial charge in [-0.15, -0.1) is 0 Å². The van der Waals surface area contributed by atoms with Gasteiger partial charge in [0.15, 0.2) is 0 Å². The van der Waals surface area contributed by atoms with Crippen LogP contribution in [-0.4, -0.2) is 34.1 Å². The van der Waals surface area contributed by atoms with Gasteiger partial charge in [-0.05, 0) is 19.9 Å². The first-order chi connectivity index (χ1) is 9.91. The van der Waals surface area contributed by atoms with Gasteiger partial charge in [0.1, 0.15) is 0 Å². The molecular weight excluding hydrogens is 296 g/mol. The summed E-state index contributed by atoms with van der Waals surface area (Å²) in [4.78, 5) is 22.6.